The number of hydrogen-bond acceptors (Lipinski definition) is 5. The number of nitrogens with one attached hydrogen (secondary N) is 1. The van der Waals surface area contributed by atoms with Crippen molar-refractivity contribution in [2.24, 2.45) is 5.92 Å². The zero-order chi connectivity index (χ0) is 26.3. The van der Waals surface area contributed by atoms with E-state index in [0.717, 1.165) is 47.8 Å². The highest BCUT2D eigenvalue weighted by Gasteiger charge is 2.45. The SMILES string of the molecule is O=C(Cc1ccc(-c2ccc(OCCN3CCN(C(=O)[C@H]4C[C@@H]4F)CC3)cc2)cn1)NCc1ccccc1. The molecule has 0 unspecified atom stereocenters. The lowest BCUT2D eigenvalue weighted by Gasteiger charge is -2.34. The van der Waals surface area contributed by atoms with E-state index in [1.807, 2.05) is 66.7 Å². The van der Waals surface area contributed by atoms with Crippen molar-refractivity contribution in [3.8, 4) is 16.9 Å². The first-order valence-electron chi connectivity index (χ1n) is 13.2. The normalized spacial score (nSPS) is 19.1. The summed E-state index contributed by atoms with van der Waals surface area (Å²) in [4.78, 5) is 32.9. The summed E-state index contributed by atoms with van der Waals surface area (Å²) in [7, 11) is 0. The van der Waals surface area contributed by atoms with Crippen LogP contribution in [0.25, 0.3) is 11.1 Å². The molecule has 0 spiro atoms. The van der Waals surface area contributed by atoms with Crippen LogP contribution >= 0.6 is 0 Å². The van der Waals surface area contributed by atoms with Gasteiger partial charge < -0.3 is 15.0 Å². The van der Waals surface area contributed by atoms with Crippen LogP contribution in [0.5, 0.6) is 5.75 Å². The summed E-state index contributed by atoms with van der Waals surface area (Å²) in [5.74, 6) is 0.324. The van der Waals surface area contributed by atoms with E-state index >= 15 is 0 Å². The third-order valence-electron chi connectivity index (χ3n) is 7.08. The Labute approximate surface area is 222 Å². The van der Waals surface area contributed by atoms with E-state index in [9.17, 15) is 14.0 Å². The zero-order valence-electron chi connectivity index (χ0n) is 21.4. The number of rotatable bonds is 10. The Morgan fingerprint density at radius 2 is 1.66 bits per heavy atom. The summed E-state index contributed by atoms with van der Waals surface area (Å²) >= 11 is 0. The van der Waals surface area contributed by atoms with Crippen molar-refractivity contribution in [2.45, 2.75) is 25.6 Å². The Kier molecular flexibility index (Phi) is 8.28. The smallest absolute Gasteiger partial charge is 0.228 e. The van der Waals surface area contributed by atoms with Crippen LogP contribution in [0.1, 0.15) is 17.7 Å². The van der Waals surface area contributed by atoms with E-state index in [4.69, 9.17) is 4.74 Å². The molecule has 3 aromatic rings. The van der Waals surface area contributed by atoms with E-state index in [2.05, 4.69) is 15.2 Å². The molecular formula is C30H33FN4O3. The van der Waals surface area contributed by atoms with Crippen molar-refractivity contribution >= 4 is 11.8 Å². The van der Waals surface area contributed by atoms with E-state index in [1.54, 1.807) is 11.1 Å². The molecular weight excluding hydrogens is 483 g/mol. The molecule has 2 heterocycles. The van der Waals surface area contributed by atoms with Crippen LogP contribution in [0.4, 0.5) is 4.39 Å². The Bertz CT molecular complexity index is 1210. The largest absolute Gasteiger partial charge is 0.492 e. The molecule has 2 amide bonds. The van der Waals surface area contributed by atoms with E-state index < -0.39 is 12.1 Å². The molecule has 8 heteroatoms. The number of amides is 2. The van der Waals surface area contributed by atoms with Crippen molar-refractivity contribution in [2.75, 3.05) is 39.3 Å². The summed E-state index contributed by atoms with van der Waals surface area (Å²) in [6.45, 7) is 4.73. The van der Waals surface area contributed by atoms with Gasteiger partial charge >= 0.3 is 0 Å². The third-order valence-corrected chi connectivity index (χ3v) is 7.08. The predicted molar refractivity (Wildman–Crippen MR) is 143 cm³/mol. The summed E-state index contributed by atoms with van der Waals surface area (Å²) in [6, 6.07) is 21.6. The van der Waals surface area contributed by atoms with Crippen LogP contribution in [0, 0.1) is 5.92 Å². The molecule has 2 aromatic carbocycles. The number of aromatic nitrogens is 1. The number of ether oxygens (including phenoxy) is 1. The summed E-state index contributed by atoms with van der Waals surface area (Å²) < 4.78 is 19.1. The fourth-order valence-corrected chi connectivity index (χ4v) is 4.61. The van der Waals surface area contributed by atoms with E-state index in [-0.39, 0.29) is 18.2 Å². The van der Waals surface area contributed by atoms with Crippen molar-refractivity contribution in [3.05, 3.63) is 84.2 Å². The van der Waals surface area contributed by atoms with Gasteiger partial charge in [-0.15, -0.1) is 0 Å². The first-order valence-corrected chi connectivity index (χ1v) is 13.2. The predicted octanol–water partition coefficient (Wildman–Crippen LogP) is 3.49. The molecule has 7 nitrogen and oxygen atoms in total. The molecule has 1 N–H and O–H groups in total. The van der Waals surface area contributed by atoms with Gasteiger partial charge in [0.05, 0.1) is 12.3 Å². The highest BCUT2D eigenvalue weighted by molar-refractivity contribution is 5.82. The standard InChI is InChI=1S/C30H33FN4O3/c31-28-19-27(28)30(37)35-14-12-34(13-15-35)16-17-38-26-10-7-23(8-11-26)24-6-9-25(32-21-24)18-29(36)33-20-22-4-2-1-3-5-22/h1-11,21,27-28H,12-20H2,(H,33,36)/t27-,28-/m0/s1. The first-order chi connectivity index (χ1) is 18.5. The fourth-order valence-electron chi connectivity index (χ4n) is 4.61. The van der Waals surface area contributed by atoms with Crippen LogP contribution < -0.4 is 10.1 Å². The summed E-state index contributed by atoms with van der Waals surface area (Å²) in [5, 5.41) is 2.93. The topological polar surface area (TPSA) is 74.8 Å². The van der Waals surface area contributed by atoms with Crippen LogP contribution in [0.15, 0.2) is 72.9 Å². The molecule has 1 saturated carbocycles. The molecule has 2 aliphatic rings. The van der Waals surface area contributed by atoms with Gasteiger partial charge in [-0.3, -0.25) is 19.5 Å². The van der Waals surface area contributed by atoms with Crippen LogP contribution in [0.3, 0.4) is 0 Å². The number of pyridine rings is 1. The van der Waals surface area contributed by atoms with E-state index in [0.29, 0.717) is 32.7 Å². The van der Waals surface area contributed by atoms with Gasteiger partial charge in [0.15, 0.2) is 0 Å². The van der Waals surface area contributed by atoms with Crippen LogP contribution in [-0.4, -0.2) is 72.1 Å². The Balaban J connectivity index is 1.02. The lowest BCUT2D eigenvalue weighted by molar-refractivity contribution is -0.134. The number of nitrogens with zero attached hydrogens (tertiary/aromatic N) is 3. The minimum absolute atomic E-state index is 0.0253. The molecule has 2 atom stereocenters. The average Bonchev–Trinajstić information content (AvgIpc) is 3.70. The Morgan fingerprint density at radius 3 is 2.32 bits per heavy atom. The van der Waals surface area contributed by atoms with Crippen molar-refractivity contribution in [3.63, 3.8) is 0 Å². The number of halogens is 1. The second-order valence-electron chi connectivity index (χ2n) is 9.88. The number of carbonyl (C=O) groups is 2. The maximum atomic E-state index is 13.1. The van der Waals surface area contributed by atoms with Gasteiger partial charge in [0.25, 0.3) is 0 Å². The molecule has 1 saturated heterocycles. The summed E-state index contributed by atoms with van der Waals surface area (Å²) in [5.41, 5.74) is 3.79. The minimum atomic E-state index is -0.931. The lowest BCUT2D eigenvalue weighted by Crippen LogP contribution is -2.50. The van der Waals surface area contributed by atoms with Gasteiger partial charge in [0.1, 0.15) is 18.5 Å². The maximum absolute atomic E-state index is 13.1. The molecule has 2 fully saturated rings. The van der Waals surface area contributed by atoms with Crippen molar-refractivity contribution < 1.29 is 18.7 Å². The van der Waals surface area contributed by atoms with Crippen LogP contribution in [-0.2, 0) is 22.6 Å². The third kappa shape index (κ3) is 6.95. The molecule has 0 bridgehead atoms. The lowest BCUT2D eigenvalue weighted by atomic mass is 10.1. The number of alkyl halides is 1. The molecule has 5 rings (SSSR count). The first kappa shape index (κ1) is 25.9. The van der Waals surface area contributed by atoms with Gasteiger partial charge in [-0.05, 0) is 35.7 Å². The molecule has 0 radical (unpaired) electrons. The second kappa shape index (κ2) is 12.2. The number of benzene rings is 2. The van der Waals surface area contributed by atoms with Gasteiger partial charge in [0, 0.05) is 56.7 Å². The van der Waals surface area contributed by atoms with E-state index in [1.165, 1.54) is 0 Å². The zero-order valence-corrected chi connectivity index (χ0v) is 21.4. The second-order valence-corrected chi connectivity index (χ2v) is 9.88. The minimum Gasteiger partial charge on any atom is -0.492 e. The van der Waals surface area contributed by atoms with Gasteiger partial charge in [-0.2, -0.15) is 0 Å². The maximum Gasteiger partial charge on any atom is 0.228 e. The molecule has 1 aliphatic heterocycles. The summed E-state index contributed by atoms with van der Waals surface area (Å²) in [6.07, 6.45) is 1.49. The van der Waals surface area contributed by atoms with Crippen molar-refractivity contribution in [1.82, 2.24) is 20.1 Å². The molecule has 198 valence electrons. The number of hydrogen-bond donors (Lipinski definition) is 1. The number of carbonyl (C=O) groups excluding carboxylic acids is 2. The highest BCUT2D eigenvalue weighted by atomic mass is 19.1. The Morgan fingerprint density at radius 1 is 0.947 bits per heavy atom. The monoisotopic (exact) mass is 516 g/mol. The quantitative estimate of drug-likeness (QED) is 0.447. The number of piperazine rings is 1. The van der Waals surface area contributed by atoms with Gasteiger partial charge in [-0.1, -0.05) is 48.5 Å². The van der Waals surface area contributed by atoms with Gasteiger partial charge in [0.2, 0.25) is 11.8 Å². The fraction of sp³-hybridized carbons (Fsp3) is 0.367. The molecule has 1 aliphatic carbocycles. The van der Waals surface area contributed by atoms with Gasteiger partial charge in [-0.25, -0.2) is 4.39 Å². The highest BCUT2D eigenvalue weighted by Crippen LogP contribution is 2.35. The van der Waals surface area contributed by atoms with Crippen LogP contribution in [0.2, 0.25) is 0 Å². The molecule has 1 aromatic heterocycles. The van der Waals surface area contributed by atoms with Crippen molar-refractivity contribution in [1.29, 1.82) is 0 Å². The average molecular weight is 517 g/mol. The Hall–Kier alpha value is -3.78. The molecule has 38 heavy (non-hydrogen) atoms.